The van der Waals surface area contributed by atoms with Crippen molar-refractivity contribution in [3.8, 4) is 5.75 Å². The molecule has 0 saturated heterocycles. The minimum absolute atomic E-state index is 0.0682. The maximum atomic E-state index is 11.0. The number of phenolic OH excluding ortho intramolecular Hbond substituents is 1. The van der Waals surface area contributed by atoms with Crippen LogP contribution in [-0.4, -0.2) is 18.1 Å². The van der Waals surface area contributed by atoms with Crippen LogP contribution in [0.25, 0.3) is 10.8 Å². The van der Waals surface area contributed by atoms with Crippen LogP contribution in [0.15, 0.2) is 29.2 Å². The fourth-order valence-corrected chi connectivity index (χ4v) is 2.17. The van der Waals surface area contributed by atoms with E-state index in [-0.39, 0.29) is 22.0 Å². The summed E-state index contributed by atoms with van der Waals surface area (Å²) in [6.45, 7) is 0. The van der Waals surface area contributed by atoms with Gasteiger partial charge in [0.15, 0.2) is 0 Å². The number of fused-ring (bicyclic) bond motifs is 1. The Balaban J connectivity index is 2.92. The number of benzene rings is 2. The second kappa shape index (κ2) is 3.51. The molecule has 2 aromatic carbocycles. The first kappa shape index (κ1) is 11.5. The van der Waals surface area contributed by atoms with Crippen LogP contribution in [-0.2, 0) is 10.1 Å². The summed E-state index contributed by atoms with van der Waals surface area (Å²) in [6.07, 6.45) is 0. The van der Waals surface area contributed by atoms with Gasteiger partial charge in [-0.1, -0.05) is 0 Å². The number of nitrogen functional groups attached to an aromatic ring is 2. The molecule has 0 fully saturated rings. The topological polar surface area (TPSA) is 127 Å². The molecule has 2 rings (SSSR count). The molecule has 2 aromatic rings. The molecule has 0 spiro atoms. The number of rotatable bonds is 1. The quantitative estimate of drug-likeness (QED) is 0.443. The number of anilines is 2. The summed E-state index contributed by atoms with van der Waals surface area (Å²) in [6, 6.07) is 4.96. The zero-order valence-electron chi connectivity index (χ0n) is 8.58. The van der Waals surface area contributed by atoms with E-state index in [0.717, 1.165) is 6.07 Å². The predicted molar refractivity (Wildman–Crippen MR) is 64.3 cm³/mol. The Morgan fingerprint density at radius 1 is 0.941 bits per heavy atom. The maximum absolute atomic E-state index is 11.0. The second-order valence-corrected chi connectivity index (χ2v) is 5.04. The fraction of sp³-hybridized carbons (Fsp3) is 0. The van der Waals surface area contributed by atoms with Gasteiger partial charge in [0.25, 0.3) is 10.1 Å². The Morgan fingerprint density at radius 3 is 2.06 bits per heavy atom. The van der Waals surface area contributed by atoms with E-state index >= 15 is 0 Å². The average molecular weight is 254 g/mol. The summed E-state index contributed by atoms with van der Waals surface area (Å²) in [5.74, 6) is -0.0682. The summed E-state index contributed by atoms with van der Waals surface area (Å²) >= 11 is 0. The molecule has 6 nitrogen and oxygen atoms in total. The molecule has 90 valence electrons. The van der Waals surface area contributed by atoms with Gasteiger partial charge < -0.3 is 16.6 Å². The van der Waals surface area contributed by atoms with Gasteiger partial charge in [0, 0.05) is 28.2 Å². The van der Waals surface area contributed by atoms with Gasteiger partial charge in [-0.2, -0.15) is 8.42 Å². The first-order valence-electron chi connectivity index (χ1n) is 4.58. The molecule has 0 unspecified atom stereocenters. The fourth-order valence-electron chi connectivity index (χ4n) is 1.62. The average Bonchev–Trinajstić information content (AvgIpc) is 2.17. The summed E-state index contributed by atoms with van der Waals surface area (Å²) < 4.78 is 31.0. The van der Waals surface area contributed by atoms with Crippen molar-refractivity contribution in [2.75, 3.05) is 11.5 Å². The zero-order valence-corrected chi connectivity index (χ0v) is 9.40. The first-order chi connectivity index (χ1) is 7.79. The lowest BCUT2D eigenvalue weighted by molar-refractivity contribution is 0.476. The highest BCUT2D eigenvalue weighted by Gasteiger charge is 2.14. The Morgan fingerprint density at radius 2 is 1.47 bits per heavy atom. The van der Waals surface area contributed by atoms with Crippen LogP contribution < -0.4 is 11.5 Å². The van der Waals surface area contributed by atoms with Gasteiger partial charge in [0.05, 0.1) is 4.90 Å². The monoisotopic (exact) mass is 254 g/mol. The SMILES string of the molecule is Nc1cc(S(=O)(=O)O)cc2c(N)cc(O)cc12. The zero-order chi connectivity index (χ0) is 12.8. The highest BCUT2D eigenvalue weighted by atomic mass is 32.2. The molecule has 17 heavy (non-hydrogen) atoms. The molecule has 0 aliphatic heterocycles. The van der Waals surface area contributed by atoms with Crippen molar-refractivity contribution in [1.29, 1.82) is 0 Å². The largest absolute Gasteiger partial charge is 0.508 e. The van der Waals surface area contributed by atoms with Gasteiger partial charge in [-0.25, -0.2) is 0 Å². The van der Waals surface area contributed by atoms with E-state index in [2.05, 4.69) is 0 Å². The smallest absolute Gasteiger partial charge is 0.294 e. The third-order valence-electron chi connectivity index (χ3n) is 2.39. The van der Waals surface area contributed by atoms with Crippen LogP contribution in [0.3, 0.4) is 0 Å². The molecule has 0 atom stereocenters. The predicted octanol–water partition coefficient (Wildman–Crippen LogP) is 0.956. The minimum atomic E-state index is -4.34. The molecule has 0 aliphatic carbocycles. The molecular weight excluding hydrogens is 244 g/mol. The Hall–Kier alpha value is -1.99. The lowest BCUT2D eigenvalue weighted by Crippen LogP contribution is -2.01. The van der Waals surface area contributed by atoms with E-state index in [1.807, 2.05) is 0 Å². The Bertz CT molecular complexity index is 710. The van der Waals surface area contributed by atoms with Crippen molar-refractivity contribution in [2.24, 2.45) is 0 Å². The maximum Gasteiger partial charge on any atom is 0.294 e. The molecular formula is C10H10N2O4S. The van der Waals surface area contributed by atoms with Crippen molar-refractivity contribution in [1.82, 2.24) is 0 Å². The minimum Gasteiger partial charge on any atom is -0.508 e. The van der Waals surface area contributed by atoms with Crippen LogP contribution in [0.4, 0.5) is 11.4 Å². The van der Waals surface area contributed by atoms with E-state index < -0.39 is 10.1 Å². The molecule has 0 aromatic heterocycles. The third-order valence-corrected chi connectivity index (χ3v) is 3.22. The van der Waals surface area contributed by atoms with E-state index in [9.17, 15) is 13.5 Å². The number of aromatic hydroxyl groups is 1. The van der Waals surface area contributed by atoms with E-state index in [1.54, 1.807) is 0 Å². The summed E-state index contributed by atoms with van der Waals surface area (Å²) in [5, 5.41) is 10.1. The normalized spacial score (nSPS) is 11.8. The molecule has 0 saturated carbocycles. The van der Waals surface area contributed by atoms with E-state index in [0.29, 0.717) is 10.8 Å². The summed E-state index contributed by atoms with van der Waals surface area (Å²) in [5.41, 5.74) is 11.6. The van der Waals surface area contributed by atoms with Gasteiger partial charge >= 0.3 is 0 Å². The van der Waals surface area contributed by atoms with E-state index in [1.165, 1.54) is 18.2 Å². The highest BCUT2D eigenvalue weighted by molar-refractivity contribution is 7.85. The van der Waals surface area contributed by atoms with Crippen molar-refractivity contribution < 1.29 is 18.1 Å². The third kappa shape index (κ3) is 1.97. The summed E-state index contributed by atoms with van der Waals surface area (Å²) in [7, 11) is -4.34. The number of hydrogen-bond donors (Lipinski definition) is 4. The standard InChI is InChI=1S/C10H10N2O4S/c11-9-2-5(13)1-7-8(9)3-6(4-10(7)12)17(14,15)16/h1-4,13H,11-12H2,(H,14,15,16). The van der Waals surface area contributed by atoms with Crippen LogP contribution in [0.2, 0.25) is 0 Å². The molecule has 0 radical (unpaired) electrons. The van der Waals surface area contributed by atoms with Gasteiger partial charge in [0.2, 0.25) is 0 Å². The molecule has 0 aliphatic rings. The molecule has 6 N–H and O–H groups in total. The Kier molecular flexibility index (Phi) is 2.37. The van der Waals surface area contributed by atoms with Crippen molar-refractivity contribution in [2.45, 2.75) is 4.90 Å². The number of hydrogen-bond acceptors (Lipinski definition) is 5. The van der Waals surface area contributed by atoms with Crippen molar-refractivity contribution >= 4 is 32.3 Å². The number of phenols is 1. The van der Waals surface area contributed by atoms with Crippen LogP contribution in [0, 0.1) is 0 Å². The number of nitrogens with two attached hydrogens (primary N) is 2. The van der Waals surface area contributed by atoms with Crippen LogP contribution in [0.1, 0.15) is 0 Å². The van der Waals surface area contributed by atoms with Gasteiger partial charge in [0.1, 0.15) is 5.75 Å². The summed E-state index contributed by atoms with van der Waals surface area (Å²) in [4.78, 5) is -0.333. The second-order valence-electron chi connectivity index (χ2n) is 3.62. The van der Waals surface area contributed by atoms with Crippen LogP contribution in [0.5, 0.6) is 5.75 Å². The molecule has 0 amide bonds. The first-order valence-corrected chi connectivity index (χ1v) is 6.02. The molecule has 0 heterocycles. The Labute approximate surface area is 97.2 Å². The molecule has 0 bridgehead atoms. The lowest BCUT2D eigenvalue weighted by atomic mass is 10.1. The lowest BCUT2D eigenvalue weighted by Gasteiger charge is -2.08. The van der Waals surface area contributed by atoms with Crippen molar-refractivity contribution in [3.63, 3.8) is 0 Å². The van der Waals surface area contributed by atoms with Gasteiger partial charge in [-0.3, -0.25) is 4.55 Å². The highest BCUT2D eigenvalue weighted by Crippen LogP contribution is 2.32. The molecule has 7 heteroatoms. The van der Waals surface area contributed by atoms with Crippen LogP contribution >= 0.6 is 0 Å². The van der Waals surface area contributed by atoms with E-state index in [4.69, 9.17) is 16.0 Å². The van der Waals surface area contributed by atoms with Gasteiger partial charge in [-0.15, -0.1) is 0 Å². The van der Waals surface area contributed by atoms with Crippen molar-refractivity contribution in [3.05, 3.63) is 24.3 Å². The van der Waals surface area contributed by atoms with Gasteiger partial charge in [-0.05, 0) is 18.2 Å².